The lowest BCUT2D eigenvalue weighted by Gasteiger charge is -2.15. The first-order valence-electron chi connectivity index (χ1n) is 7.24. The third-order valence-corrected chi connectivity index (χ3v) is 4.45. The molecule has 0 amide bonds. The van der Waals surface area contributed by atoms with Crippen LogP contribution in [0.3, 0.4) is 0 Å². The Labute approximate surface area is 133 Å². The molecule has 0 saturated heterocycles. The average Bonchev–Trinajstić information content (AvgIpc) is 2.43. The van der Waals surface area contributed by atoms with Gasteiger partial charge in [0.15, 0.2) is 0 Å². The zero-order valence-corrected chi connectivity index (χ0v) is 14.0. The molecule has 0 radical (unpaired) electrons. The van der Waals surface area contributed by atoms with Gasteiger partial charge in [0.05, 0.1) is 11.1 Å². The Hall–Kier alpha value is -1.36. The van der Waals surface area contributed by atoms with Crippen LogP contribution in [0.4, 0.5) is 0 Å². The van der Waals surface area contributed by atoms with Crippen molar-refractivity contribution in [3.63, 3.8) is 0 Å². The number of benzene rings is 1. The second-order valence-corrected chi connectivity index (χ2v) is 5.86. The molecule has 0 aliphatic heterocycles. The molecule has 0 bridgehead atoms. The van der Waals surface area contributed by atoms with Crippen LogP contribution in [0.25, 0.3) is 0 Å². The van der Waals surface area contributed by atoms with E-state index in [-0.39, 0.29) is 11.1 Å². The monoisotopic (exact) mass is 356 g/mol. The van der Waals surface area contributed by atoms with Crippen molar-refractivity contribution in [2.45, 2.75) is 52.4 Å². The van der Waals surface area contributed by atoms with Gasteiger partial charge in [-0.1, -0.05) is 42.6 Å². The maximum absolute atomic E-state index is 11.5. The number of aryl methyl sites for hydroxylation is 1. The van der Waals surface area contributed by atoms with E-state index in [0.29, 0.717) is 12.0 Å². The molecule has 0 fully saturated rings. The van der Waals surface area contributed by atoms with Crippen LogP contribution in [-0.2, 0) is 12.8 Å². The molecule has 0 atom stereocenters. The normalized spacial score (nSPS) is 10.6. The molecule has 0 aliphatic rings. The fourth-order valence-corrected chi connectivity index (χ4v) is 3.04. The average molecular weight is 357 g/mol. The number of aromatic carboxylic acids is 2. The second-order valence-electron chi connectivity index (χ2n) is 5.07. The Bertz CT molecular complexity index is 538. The van der Waals surface area contributed by atoms with Crippen molar-refractivity contribution in [1.29, 1.82) is 0 Å². The molecule has 1 aromatic carbocycles. The first-order chi connectivity index (χ1) is 9.93. The molecular weight excluding hydrogens is 336 g/mol. The topological polar surface area (TPSA) is 74.6 Å². The number of carbonyl (C=O) groups is 2. The second kappa shape index (κ2) is 8.17. The summed E-state index contributed by atoms with van der Waals surface area (Å²) < 4.78 is 0.756. The van der Waals surface area contributed by atoms with Crippen LogP contribution in [0.1, 0.15) is 71.4 Å². The summed E-state index contributed by atoms with van der Waals surface area (Å²) in [7, 11) is 0. The van der Waals surface area contributed by atoms with Gasteiger partial charge in [-0.3, -0.25) is 0 Å². The smallest absolute Gasteiger partial charge is 0.336 e. The molecule has 21 heavy (non-hydrogen) atoms. The van der Waals surface area contributed by atoms with Gasteiger partial charge in [-0.05, 0) is 42.9 Å². The fourth-order valence-electron chi connectivity index (χ4n) is 2.33. The van der Waals surface area contributed by atoms with E-state index in [1.807, 2.05) is 6.92 Å². The molecule has 0 aliphatic carbocycles. The summed E-state index contributed by atoms with van der Waals surface area (Å²) in [5.74, 6) is -2.36. The number of halogens is 1. The minimum absolute atomic E-state index is 0.0805. The lowest BCUT2D eigenvalue weighted by Crippen LogP contribution is -2.14. The van der Waals surface area contributed by atoms with E-state index in [1.165, 1.54) is 6.07 Å². The molecule has 0 saturated carbocycles. The van der Waals surface area contributed by atoms with Crippen LogP contribution >= 0.6 is 15.9 Å². The third kappa shape index (κ3) is 4.30. The molecule has 1 aromatic rings. The lowest BCUT2D eigenvalue weighted by molar-refractivity contribution is 0.0650. The van der Waals surface area contributed by atoms with Crippen LogP contribution in [0.15, 0.2) is 10.5 Å². The van der Waals surface area contributed by atoms with Crippen LogP contribution < -0.4 is 0 Å². The summed E-state index contributed by atoms with van der Waals surface area (Å²) in [4.78, 5) is 22.9. The van der Waals surface area contributed by atoms with Gasteiger partial charge >= 0.3 is 11.9 Å². The highest BCUT2D eigenvalue weighted by molar-refractivity contribution is 9.10. The summed E-state index contributed by atoms with van der Waals surface area (Å²) in [5.41, 5.74) is 1.30. The van der Waals surface area contributed by atoms with Crippen LogP contribution in [-0.4, -0.2) is 22.2 Å². The quantitative estimate of drug-likeness (QED) is 0.717. The summed E-state index contributed by atoms with van der Waals surface area (Å²) in [6, 6.07) is 1.50. The van der Waals surface area contributed by atoms with Gasteiger partial charge in [0, 0.05) is 4.47 Å². The Morgan fingerprint density at radius 2 is 1.62 bits per heavy atom. The SMILES string of the molecule is CCCCc1cc(C(=O)O)c(C(=O)O)c(CCCC)c1Br. The van der Waals surface area contributed by atoms with Crippen molar-refractivity contribution in [2.75, 3.05) is 0 Å². The van der Waals surface area contributed by atoms with Crippen molar-refractivity contribution >= 4 is 27.9 Å². The summed E-state index contributed by atoms with van der Waals surface area (Å²) >= 11 is 3.49. The predicted octanol–water partition coefficient (Wildman–Crippen LogP) is 4.53. The summed E-state index contributed by atoms with van der Waals surface area (Å²) in [6.07, 6.45) is 5.01. The van der Waals surface area contributed by atoms with E-state index in [4.69, 9.17) is 0 Å². The van der Waals surface area contributed by atoms with Crippen LogP contribution in [0, 0.1) is 0 Å². The maximum atomic E-state index is 11.5. The molecule has 0 heterocycles. The number of rotatable bonds is 8. The first kappa shape index (κ1) is 17.7. The van der Waals surface area contributed by atoms with Crippen molar-refractivity contribution in [3.05, 3.63) is 32.8 Å². The van der Waals surface area contributed by atoms with Crippen molar-refractivity contribution in [3.8, 4) is 0 Å². The Kier molecular flexibility index (Phi) is 6.89. The first-order valence-corrected chi connectivity index (χ1v) is 8.04. The van der Waals surface area contributed by atoms with Gasteiger partial charge in [-0.25, -0.2) is 9.59 Å². The summed E-state index contributed by atoms with van der Waals surface area (Å²) in [5, 5.41) is 18.7. The van der Waals surface area contributed by atoms with Crippen LogP contribution in [0.2, 0.25) is 0 Å². The van der Waals surface area contributed by atoms with Gasteiger partial charge in [0.25, 0.3) is 0 Å². The maximum Gasteiger partial charge on any atom is 0.336 e. The molecule has 5 heteroatoms. The molecule has 116 valence electrons. The van der Waals surface area contributed by atoms with Gasteiger partial charge in [-0.15, -0.1) is 0 Å². The van der Waals surface area contributed by atoms with E-state index in [9.17, 15) is 19.8 Å². The largest absolute Gasteiger partial charge is 0.478 e. The van der Waals surface area contributed by atoms with Crippen molar-refractivity contribution < 1.29 is 19.8 Å². The highest BCUT2D eigenvalue weighted by Crippen LogP contribution is 2.31. The molecule has 1 rings (SSSR count). The zero-order valence-electron chi connectivity index (χ0n) is 12.4. The number of hydrogen-bond acceptors (Lipinski definition) is 2. The standard InChI is InChI=1S/C16H21BrO4/c1-3-5-7-10-9-12(15(18)19)13(16(20)21)11(14(10)17)8-6-4-2/h9H,3-8H2,1-2H3,(H,18,19)(H,20,21). The third-order valence-electron chi connectivity index (χ3n) is 3.46. The van der Waals surface area contributed by atoms with E-state index < -0.39 is 11.9 Å². The van der Waals surface area contributed by atoms with Crippen LogP contribution in [0.5, 0.6) is 0 Å². The van der Waals surface area contributed by atoms with E-state index in [0.717, 1.165) is 42.1 Å². The Balaban J connectivity index is 3.48. The van der Waals surface area contributed by atoms with Gasteiger partial charge < -0.3 is 10.2 Å². The highest BCUT2D eigenvalue weighted by atomic mass is 79.9. The van der Waals surface area contributed by atoms with Crippen molar-refractivity contribution in [1.82, 2.24) is 0 Å². The lowest BCUT2D eigenvalue weighted by atomic mass is 9.92. The van der Waals surface area contributed by atoms with Crippen molar-refractivity contribution in [2.24, 2.45) is 0 Å². The Morgan fingerprint density at radius 3 is 2.10 bits per heavy atom. The van der Waals surface area contributed by atoms with E-state index in [1.54, 1.807) is 0 Å². The molecule has 0 spiro atoms. The van der Waals surface area contributed by atoms with Gasteiger partial charge in [0.2, 0.25) is 0 Å². The number of carboxylic acids is 2. The van der Waals surface area contributed by atoms with E-state index >= 15 is 0 Å². The Morgan fingerprint density at radius 1 is 1.05 bits per heavy atom. The molecular formula is C16H21BrO4. The van der Waals surface area contributed by atoms with E-state index in [2.05, 4.69) is 22.9 Å². The highest BCUT2D eigenvalue weighted by Gasteiger charge is 2.24. The predicted molar refractivity (Wildman–Crippen MR) is 85.3 cm³/mol. The fraction of sp³-hybridized carbons (Fsp3) is 0.500. The molecule has 0 aromatic heterocycles. The number of unbranched alkanes of at least 4 members (excludes halogenated alkanes) is 2. The molecule has 0 unspecified atom stereocenters. The number of carboxylic acid groups (broad SMARTS) is 2. The molecule has 4 nitrogen and oxygen atoms in total. The summed E-state index contributed by atoms with van der Waals surface area (Å²) in [6.45, 7) is 4.09. The van der Waals surface area contributed by atoms with Gasteiger partial charge in [0.1, 0.15) is 0 Å². The minimum atomic E-state index is -1.18. The number of hydrogen-bond donors (Lipinski definition) is 2. The minimum Gasteiger partial charge on any atom is -0.478 e. The van der Waals surface area contributed by atoms with Gasteiger partial charge in [-0.2, -0.15) is 0 Å². The molecule has 2 N–H and O–H groups in total. The zero-order chi connectivity index (χ0) is 16.0.